The fourth-order valence-electron chi connectivity index (χ4n) is 1.74. The van der Waals surface area contributed by atoms with Crippen LogP contribution in [-0.2, 0) is 17.7 Å². The van der Waals surface area contributed by atoms with Gasteiger partial charge in [0, 0.05) is 18.0 Å². The summed E-state index contributed by atoms with van der Waals surface area (Å²) in [6, 6.07) is 0. The van der Waals surface area contributed by atoms with Crippen molar-refractivity contribution in [3.8, 4) is 0 Å². The second kappa shape index (κ2) is 7.09. The zero-order valence-electron chi connectivity index (χ0n) is 11.5. The summed E-state index contributed by atoms with van der Waals surface area (Å²) < 4.78 is 5.61. The Morgan fingerprint density at radius 3 is 2.59 bits per heavy atom. The lowest BCUT2D eigenvalue weighted by Crippen LogP contribution is -2.07. The first kappa shape index (κ1) is 14.6. The van der Waals surface area contributed by atoms with Crippen LogP contribution in [0, 0.1) is 5.92 Å². The Kier molecular flexibility index (Phi) is 6.09. The van der Waals surface area contributed by atoms with Crippen LogP contribution in [0.2, 0.25) is 0 Å². The Hall–Kier alpha value is -0.450. The van der Waals surface area contributed by atoms with Crippen molar-refractivity contribution in [3.05, 3.63) is 15.6 Å². The van der Waals surface area contributed by atoms with E-state index in [0.717, 1.165) is 24.6 Å². The van der Waals surface area contributed by atoms with Crippen LogP contribution in [0.5, 0.6) is 0 Å². The van der Waals surface area contributed by atoms with Gasteiger partial charge in [-0.15, -0.1) is 11.3 Å². The molecule has 3 nitrogen and oxygen atoms in total. The molecule has 4 heteroatoms. The summed E-state index contributed by atoms with van der Waals surface area (Å²) in [7, 11) is 1.98. The molecular formula is C13H24N2OS. The van der Waals surface area contributed by atoms with E-state index in [-0.39, 0.29) is 6.10 Å². The normalized spacial score (nSPS) is 13.3. The summed E-state index contributed by atoms with van der Waals surface area (Å²) in [4.78, 5) is 6.09. The van der Waals surface area contributed by atoms with Crippen molar-refractivity contribution >= 4 is 11.3 Å². The molecule has 0 fully saturated rings. The van der Waals surface area contributed by atoms with Crippen molar-refractivity contribution in [3.63, 3.8) is 0 Å². The molecule has 1 heterocycles. The molecule has 1 atom stereocenters. The Morgan fingerprint density at radius 2 is 2.06 bits per heavy atom. The maximum atomic E-state index is 5.61. The van der Waals surface area contributed by atoms with Crippen molar-refractivity contribution in [1.82, 2.24) is 10.3 Å². The summed E-state index contributed by atoms with van der Waals surface area (Å²) in [6.45, 7) is 10.2. The third-order valence-electron chi connectivity index (χ3n) is 2.50. The lowest BCUT2D eigenvalue weighted by atomic mass is 10.1. The van der Waals surface area contributed by atoms with Gasteiger partial charge >= 0.3 is 0 Å². The maximum Gasteiger partial charge on any atom is 0.122 e. The monoisotopic (exact) mass is 256 g/mol. The molecule has 0 radical (unpaired) electrons. The van der Waals surface area contributed by atoms with Gasteiger partial charge in [-0.2, -0.15) is 0 Å². The van der Waals surface area contributed by atoms with Crippen LogP contribution >= 0.6 is 11.3 Å². The minimum Gasteiger partial charge on any atom is -0.372 e. The van der Waals surface area contributed by atoms with E-state index in [1.165, 1.54) is 10.6 Å². The van der Waals surface area contributed by atoms with Crippen molar-refractivity contribution in [1.29, 1.82) is 0 Å². The molecule has 0 saturated carbocycles. The lowest BCUT2D eigenvalue weighted by molar-refractivity contribution is 0.0761. The van der Waals surface area contributed by atoms with Gasteiger partial charge in [-0.05, 0) is 33.2 Å². The highest BCUT2D eigenvalue weighted by Crippen LogP contribution is 2.27. The molecule has 1 N–H and O–H groups in total. The largest absolute Gasteiger partial charge is 0.372 e. The zero-order valence-corrected chi connectivity index (χ0v) is 12.4. The predicted molar refractivity (Wildman–Crippen MR) is 73.5 cm³/mol. The maximum absolute atomic E-state index is 5.61. The minimum atomic E-state index is 0.113. The smallest absolute Gasteiger partial charge is 0.122 e. The number of nitrogens with one attached hydrogen (secondary N) is 1. The van der Waals surface area contributed by atoms with Gasteiger partial charge in [-0.3, -0.25) is 0 Å². The average molecular weight is 256 g/mol. The Balaban J connectivity index is 2.86. The topological polar surface area (TPSA) is 34.1 Å². The van der Waals surface area contributed by atoms with Crippen LogP contribution in [-0.4, -0.2) is 18.6 Å². The molecule has 0 saturated heterocycles. The highest BCUT2D eigenvalue weighted by atomic mass is 32.1. The van der Waals surface area contributed by atoms with Gasteiger partial charge in [-0.25, -0.2) is 4.98 Å². The highest BCUT2D eigenvalue weighted by Gasteiger charge is 2.16. The average Bonchev–Trinajstić information content (AvgIpc) is 2.62. The molecule has 0 bridgehead atoms. The third-order valence-corrected chi connectivity index (χ3v) is 3.76. The second-order valence-corrected chi connectivity index (χ2v) is 5.76. The van der Waals surface area contributed by atoms with Crippen LogP contribution in [0.3, 0.4) is 0 Å². The molecule has 17 heavy (non-hydrogen) atoms. The Bertz CT molecular complexity index is 336. The molecule has 0 aromatic carbocycles. The van der Waals surface area contributed by atoms with Crippen molar-refractivity contribution in [2.75, 3.05) is 13.7 Å². The standard InChI is InChI=1S/C13H24N2OS/c1-6-16-10(4)13-15-11(7-9(2)3)12(17-13)8-14-5/h9-10,14H,6-8H2,1-5H3. The first-order chi connectivity index (χ1) is 8.08. The molecule has 0 aliphatic heterocycles. The van der Waals surface area contributed by atoms with E-state index >= 15 is 0 Å². The van der Waals surface area contributed by atoms with Crippen LogP contribution in [0.25, 0.3) is 0 Å². The van der Waals surface area contributed by atoms with Gasteiger partial charge < -0.3 is 10.1 Å². The van der Waals surface area contributed by atoms with E-state index < -0.39 is 0 Å². The summed E-state index contributed by atoms with van der Waals surface area (Å²) in [5.74, 6) is 0.642. The number of hydrogen-bond donors (Lipinski definition) is 1. The zero-order chi connectivity index (χ0) is 12.8. The number of rotatable bonds is 7. The van der Waals surface area contributed by atoms with Crippen LogP contribution < -0.4 is 5.32 Å². The third kappa shape index (κ3) is 4.37. The number of hydrogen-bond acceptors (Lipinski definition) is 4. The fourth-order valence-corrected chi connectivity index (χ4v) is 2.85. The van der Waals surface area contributed by atoms with Crippen molar-refractivity contribution in [2.24, 2.45) is 5.92 Å². The molecule has 0 aliphatic carbocycles. The highest BCUT2D eigenvalue weighted by molar-refractivity contribution is 7.11. The van der Waals surface area contributed by atoms with Crippen molar-refractivity contribution < 1.29 is 4.74 Å². The molecule has 1 aromatic heterocycles. The summed E-state index contributed by atoms with van der Waals surface area (Å²) in [5.41, 5.74) is 1.24. The van der Waals surface area contributed by atoms with Crippen molar-refractivity contribution in [2.45, 2.75) is 46.8 Å². The fraction of sp³-hybridized carbons (Fsp3) is 0.769. The molecular weight excluding hydrogens is 232 g/mol. The summed E-state index contributed by atoms with van der Waals surface area (Å²) in [6.07, 6.45) is 1.16. The van der Waals surface area contributed by atoms with Crippen LogP contribution in [0.4, 0.5) is 0 Å². The molecule has 0 aliphatic rings. The van der Waals surface area contributed by atoms with Gasteiger partial charge in [-0.1, -0.05) is 13.8 Å². The van der Waals surface area contributed by atoms with E-state index in [9.17, 15) is 0 Å². The van der Waals surface area contributed by atoms with Gasteiger partial charge in [0.25, 0.3) is 0 Å². The molecule has 0 spiro atoms. The predicted octanol–water partition coefficient (Wildman–Crippen LogP) is 3.16. The SMILES string of the molecule is CCOC(C)c1nc(CC(C)C)c(CNC)s1. The van der Waals surface area contributed by atoms with E-state index in [1.807, 2.05) is 14.0 Å². The van der Waals surface area contributed by atoms with E-state index in [0.29, 0.717) is 5.92 Å². The Morgan fingerprint density at radius 1 is 1.35 bits per heavy atom. The number of ether oxygens (including phenoxy) is 1. The van der Waals surface area contributed by atoms with E-state index in [1.54, 1.807) is 11.3 Å². The second-order valence-electron chi connectivity index (χ2n) is 4.65. The summed E-state index contributed by atoms with van der Waals surface area (Å²) in [5, 5.41) is 4.32. The van der Waals surface area contributed by atoms with E-state index in [4.69, 9.17) is 9.72 Å². The van der Waals surface area contributed by atoms with Gasteiger partial charge in [0.15, 0.2) is 0 Å². The Labute approximate surface area is 109 Å². The first-order valence-electron chi connectivity index (χ1n) is 6.33. The molecule has 98 valence electrons. The van der Waals surface area contributed by atoms with Gasteiger partial charge in [0.05, 0.1) is 5.69 Å². The van der Waals surface area contributed by atoms with Crippen LogP contribution in [0.15, 0.2) is 0 Å². The number of aromatic nitrogens is 1. The lowest BCUT2D eigenvalue weighted by Gasteiger charge is -2.07. The van der Waals surface area contributed by atoms with E-state index in [2.05, 4.69) is 26.1 Å². The number of thiazole rings is 1. The summed E-state index contributed by atoms with van der Waals surface area (Å²) >= 11 is 1.78. The molecule has 1 aromatic rings. The first-order valence-corrected chi connectivity index (χ1v) is 7.14. The molecule has 1 unspecified atom stereocenters. The minimum absolute atomic E-state index is 0.113. The quantitative estimate of drug-likeness (QED) is 0.813. The van der Waals surface area contributed by atoms with Gasteiger partial charge in [0.1, 0.15) is 11.1 Å². The number of nitrogens with zero attached hydrogens (tertiary/aromatic N) is 1. The molecule has 1 rings (SSSR count). The van der Waals surface area contributed by atoms with Gasteiger partial charge in [0.2, 0.25) is 0 Å². The molecule has 0 amide bonds. The van der Waals surface area contributed by atoms with Crippen LogP contribution in [0.1, 0.15) is 49.4 Å².